The van der Waals surface area contributed by atoms with Crippen LogP contribution in [-0.2, 0) is 11.2 Å². The number of rotatable bonds is 1. The molecule has 0 spiro atoms. The van der Waals surface area contributed by atoms with Gasteiger partial charge in [-0.1, -0.05) is 18.9 Å². The fourth-order valence-corrected chi connectivity index (χ4v) is 2.99. The number of benzene rings is 1. The van der Waals surface area contributed by atoms with Crippen LogP contribution >= 0.6 is 0 Å². The summed E-state index contributed by atoms with van der Waals surface area (Å²) in [5.41, 5.74) is 3.78. The van der Waals surface area contributed by atoms with E-state index in [2.05, 4.69) is 19.1 Å². The second-order valence-corrected chi connectivity index (χ2v) is 4.95. The van der Waals surface area contributed by atoms with Gasteiger partial charge in [0.1, 0.15) is 5.75 Å². The monoisotopic (exact) mass is 216 g/mol. The molecule has 16 heavy (non-hydrogen) atoms. The lowest BCUT2D eigenvalue weighted by Crippen LogP contribution is -2.00. The molecule has 0 radical (unpaired) electrons. The van der Waals surface area contributed by atoms with Crippen molar-refractivity contribution in [3.63, 3.8) is 0 Å². The lowest BCUT2D eigenvalue weighted by Gasteiger charge is -2.14. The maximum atomic E-state index is 11.2. The number of carbonyl (C=O) groups is 1. The summed E-state index contributed by atoms with van der Waals surface area (Å²) in [5, 5.41) is 0. The molecule has 1 fully saturated rings. The van der Waals surface area contributed by atoms with Crippen molar-refractivity contribution in [2.75, 3.05) is 0 Å². The zero-order chi connectivity index (χ0) is 11.1. The highest BCUT2D eigenvalue weighted by molar-refractivity contribution is 5.81. The summed E-state index contributed by atoms with van der Waals surface area (Å²) in [6, 6.07) is 4.24. The molecule has 0 unspecified atom stereocenters. The van der Waals surface area contributed by atoms with Crippen molar-refractivity contribution in [3.8, 4) is 5.75 Å². The number of hydrogen-bond donors (Lipinski definition) is 0. The second-order valence-electron chi connectivity index (χ2n) is 4.95. The van der Waals surface area contributed by atoms with Gasteiger partial charge in [0, 0.05) is 5.56 Å². The number of hydrogen-bond acceptors (Lipinski definition) is 2. The number of ether oxygens (including phenoxy) is 1. The molecule has 1 aromatic carbocycles. The van der Waals surface area contributed by atoms with Crippen molar-refractivity contribution in [1.29, 1.82) is 0 Å². The van der Waals surface area contributed by atoms with E-state index in [1.165, 1.54) is 36.8 Å². The minimum atomic E-state index is -0.113. The normalized spacial score (nSPS) is 19.9. The maximum absolute atomic E-state index is 11.2. The van der Waals surface area contributed by atoms with Gasteiger partial charge in [-0.3, -0.25) is 4.79 Å². The minimum Gasteiger partial charge on any atom is -0.426 e. The van der Waals surface area contributed by atoms with Crippen molar-refractivity contribution < 1.29 is 9.53 Å². The van der Waals surface area contributed by atoms with Gasteiger partial charge in [0.15, 0.2) is 0 Å². The summed E-state index contributed by atoms with van der Waals surface area (Å²) in [4.78, 5) is 11.2. The Morgan fingerprint density at radius 1 is 1.25 bits per heavy atom. The van der Waals surface area contributed by atoms with Crippen molar-refractivity contribution in [3.05, 3.63) is 28.8 Å². The van der Waals surface area contributed by atoms with Crippen LogP contribution in [0.3, 0.4) is 0 Å². The zero-order valence-electron chi connectivity index (χ0n) is 9.58. The molecular weight excluding hydrogens is 200 g/mol. The van der Waals surface area contributed by atoms with E-state index >= 15 is 0 Å². The molecule has 1 aromatic rings. The predicted octanol–water partition coefficient (Wildman–Crippen LogP) is 3.11. The molecule has 2 heteroatoms. The fourth-order valence-electron chi connectivity index (χ4n) is 2.99. The van der Waals surface area contributed by atoms with E-state index in [1.54, 1.807) is 0 Å². The van der Waals surface area contributed by atoms with Crippen molar-refractivity contribution in [2.24, 2.45) is 0 Å². The van der Waals surface area contributed by atoms with E-state index in [9.17, 15) is 4.79 Å². The van der Waals surface area contributed by atoms with Crippen LogP contribution in [0.25, 0.3) is 0 Å². The molecule has 3 rings (SSSR count). The molecular formula is C14H16O2. The summed E-state index contributed by atoms with van der Waals surface area (Å²) in [7, 11) is 0. The lowest BCUT2D eigenvalue weighted by atomic mass is 9.91. The Morgan fingerprint density at radius 3 is 2.75 bits per heavy atom. The van der Waals surface area contributed by atoms with Crippen LogP contribution in [0.5, 0.6) is 5.75 Å². The molecule has 0 amide bonds. The number of aryl methyl sites for hydroxylation is 1. The molecule has 1 heterocycles. The molecule has 0 bridgehead atoms. The van der Waals surface area contributed by atoms with Crippen molar-refractivity contribution in [2.45, 2.75) is 44.9 Å². The molecule has 2 nitrogen and oxygen atoms in total. The molecule has 1 saturated carbocycles. The Balaban J connectivity index is 2.00. The average molecular weight is 216 g/mol. The van der Waals surface area contributed by atoms with E-state index in [0.29, 0.717) is 12.3 Å². The summed E-state index contributed by atoms with van der Waals surface area (Å²) >= 11 is 0. The first-order valence-corrected chi connectivity index (χ1v) is 6.08. The van der Waals surface area contributed by atoms with Crippen molar-refractivity contribution in [1.82, 2.24) is 0 Å². The third kappa shape index (κ3) is 1.53. The fraction of sp³-hybridized carbons (Fsp3) is 0.500. The molecule has 0 aromatic heterocycles. The van der Waals surface area contributed by atoms with Crippen LogP contribution in [0.1, 0.15) is 48.3 Å². The maximum Gasteiger partial charge on any atom is 0.315 e. The molecule has 0 N–H and O–H groups in total. The van der Waals surface area contributed by atoms with Gasteiger partial charge in [0.25, 0.3) is 0 Å². The van der Waals surface area contributed by atoms with Gasteiger partial charge in [-0.15, -0.1) is 0 Å². The van der Waals surface area contributed by atoms with Crippen LogP contribution < -0.4 is 4.74 Å². The largest absolute Gasteiger partial charge is 0.426 e. The summed E-state index contributed by atoms with van der Waals surface area (Å²) in [6.07, 6.45) is 5.68. The Kier molecular flexibility index (Phi) is 2.23. The van der Waals surface area contributed by atoms with Crippen LogP contribution in [0.4, 0.5) is 0 Å². The smallest absolute Gasteiger partial charge is 0.315 e. The van der Waals surface area contributed by atoms with Crippen LogP contribution in [0.15, 0.2) is 12.1 Å². The molecule has 0 saturated heterocycles. The van der Waals surface area contributed by atoms with Crippen LogP contribution in [0.2, 0.25) is 0 Å². The quantitative estimate of drug-likeness (QED) is 0.532. The SMILES string of the molecule is Cc1cc2c(cc1C1CCCC1)OC(=O)C2. The van der Waals surface area contributed by atoms with Gasteiger partial charge in [-0.05, 0) is 42.9 Å². The highest BCUT2D eigenvalue weighted by atomic mass is 16.5. The van der Waals surface area contributed by atoms with E-state index in [4.69, 9.17) is 4.74 Å². The van der Waals surface area contributed by atoms with Gasteiger partial charge < -0.3 is 4.74 Å². The Bertz CT molecular complexity index is 442. The lowest BCUT2D eigenvalue weighted by molar-refractivity contribution is -0.131. The highest BCUT2D eigenvalue weighted by Crippen LogP contribution is 2.39. The number of carbonyl (C=O) groups excluding carboxylic acids is 1. The molecule has 84 valence electrons. The Hall–Kier alpha value is -1.31. The third-order valence-electron chi connectivity index (χ3n) is 3.80. The van der Waals surface area contributed by atoms with Crippen molar-refractivity contribution >= 4 is 5.97 Å². The zero-order valence-corrected chi connectivity index (χ0v) is 9.58. The van der Waals surface area contributed by atoms with E-state index in [-0.39, 0.29) is 5.97 Å². The number of fused-ring (bicyclic) bond motifs is 1. The van der Waals surface area contributed by atoms with Gasteiger partial charge in [-0.2, -0.15) is 0 Å². The first-order valence-electron chi connectivity index (χ1n) is 6.08. The molecule has 0 atom stereocenters. The van der Waals surface area contributed by atoms with E-state index in [0.717, 1.165) is 11.3 Å². The first kappa shape index (κ1) is 9.88. The third-order valence-corrected chi connectivity index (χ3v) is 3.80. The first-order chi connectivity index (χ1) is 7.74. The standard InChI is InChI=1S/C14H16O2/c1-9-6-11-7-14(15)16-13(11)8-12(9)10-4-2-3-5-10/h6,8,10H,2-5,7H2,1H3. The Morgan fingerprint density at radius 2 is 2.00 bits per heavy atom. The van der Waals surface area contributed by atoms with Gasteiger partial charge in [0.05, 0.1) is 6.42 Å². The average Bonchev–Trinajstić information content (AvgIpc) is 2.83. The van der Waals surface area contributed by atoms with Crippen LogP contribution in [-0.4, -0.2) is 5.97 Å². The predicted molar refractivity (Wildman–Crippen MR) is 61.7 cm³/mol. The van der Waals surface area contributed by atoms with Crippen LogP contribution in [0, 0.1) is 6.92 Å². The summed E-state index contributed by atoms with van der Waals surface area (Å²) in [6.45, 7) is 2.15. The van der Waals surface area contributed by atoms with E-state index < -0.39 is 0 Å². The van der Waals surface area contributed by atoms with Gasteiger partial charge in [0.2, 0.25) is 0 Å². The van der Waals surface area contributed by atoms with Gasteiger partial charge in [-0.25, -0.2) is 0 Å². The Labute approximate surface area is 95.6 Å². The minimum absolute atomic E-state index is 0.113. The topological polar surface area (TPSA) is 26.3 Å². The highest BCUT2D eigenvalue weighted by Gasteiger charge is 2.25. The summed E-state index contributed by atoms with van der Waals surface area (Å²) in [5.74, 6) is 1.38. The molecule has 1 aliphatic heterocycles. The molecule has 1 aliphatic carbocycles. The number of esters is 1. The summed E-state index contributed by atoms with van der Waals surface area (Å²) < 4.78 is 5.22. The second kappa shape index (κ2) is 3.62. The van der Waals surface area contributed by atoms with Gasteiger partial charge >= 0.3 is 5.97 Å². The van der Waals surface area contributed by atoms with E-state index in [1.807, 2.05) is 0 Å². The molecule has 2 aliphatic rings.